The molecule has 0 atom stereocenters. The van der Waals surface area contributed by atoms with Crippen LogP contribution in [0.5, 0.6) is 0 Å². The van der Waals surface area contributed by atoms with Crippen molar-refractivity contribution in [1.82, 2.24) is 0 Å². The zero-order chi connectivity index (χ0) is 11.2. The van der Waals surface area contributed by atoms with Crippen LogP contribution in [0.4, 0.5) is 0 Å². The third kappa shape index (κ3) is 11.3. The molecule has 0 heterocycles. The van der Waals surface area contributed by atoms with Crippen LogP contribution in [0.3, 0.4) is 0 Å². The molecule has 0 aromatic carbocycles. The summed E-state index contributed by atoms with van der Waals surface area (Å²) in [6, 6.07) is 0. The summed E-state index contributed by atoms with van der Waals surface area (Å²) >= 11 is 10.5. The van der Waals surface area contributed by atoms with Crippen molar-refractivity contribution in [2.75, 3.05) is 0 Å². The van der Waals surface area contributed by atoms with Gasteiger partial charge in [0.1, 0.15) is 0 Å². The Bertz CT molecular complexity index is 150. The highest BCUT2D eigenvalue weighted by Crippen LogP contribution is 2.57. The number of thiol groups is 2. The Balaban J connectivity index is 3.72. The van der Waals surface area contributed by atoms with Gasteiger partial charge in [0.2, 0.25) is 0 Å². The summed E-state index contributed by atoms with van der Waals surface area (Å²) in [6.07, 6.45) is 0. The summed E-state index contributed by atoms with van der Waals surface area (Å²) in [5.74, 6) is 0. The number of rotatable bonds is 7. The lowest BCUT2D eigenvalue weighted by atomic mass is 10.5. The molecule has 0 aliphatic heterocycles. The van der Waals surface area contributed by atoms with Crippen molar-refractivity contribution < 1.29 is 0 Å². The molecule has 0 aliphatic rings. The fraction of sp³-hybridized carbons (Fsp3) is 1.00. The third-order valence-corrected chi connectivity index (χ3v) is 12.3. The SMILES string of the molecule is CC(C)(S)SC(C)(C)SSSSSS. The molecule has 0 spiro atoms. The molecule has 0 N–H and O–H groups in total. The quantitative estimate of drug-likeness (QED) is 0.240. The summed E-state index contributed by atoms with van der Waals surface area (Å²) in [5.41, 5.74) is 0. The van der Waals surface area contributed by atoms with Crippen molar-refractivity contribution in [2.45, 2.75) is 35.9 Å². The maximum absolute atomic E-state index is 4.52. The van der Waals surface area contributed by atoms with Crippen molar-refractivity contribution in [1.29, 1.82) is 0 Å². The Kier molecular flexibility index (Phi) is 9.60. The topological polar surface area (TPSA) is 0 Å². The molecule has 0 bridgehead atoms. The second-order valence-electron chi connectivity index (χ2n) is 3.31. The van der Waals surface area contributed by atoms with Gasteiger partial charge < -0.3 is 0 Å². The lowest BCUT2D eigenvalue weighted by Crippen LogP contribution is -2.17. The van der Waals surface area contributed by atoms with E-state index in [0.717, 1.165) is 0 Å². The van der Waals surface area contributed by atoms with E-state index in [2.05, 4.69) is 52.0 Å². The average Bonchev–Trinajstić information content (AvgIpc) is 1.93. The second-order valence-corrected chi connectivity index (χ2v) is 16.2. The molecule has 86 valence electrons. The molecule has 0 fully saturated rings. The Labute approximate surface area is 121 Å². The molecular weight excluding hydrogens is 329 g/mol. The predicted molar refractivity (Wildman–Crippen MR) is 91.7 cm³/mol. The van der Waals surface area contributed by atoms with E-state index in [0.29, 0.717) is 0 Å². The molecule has 8 heteroatoms. The molecule has 0 aromatic heterocycles. The van der Waals surface area contributed by atoms with Crippen LogP contribution in [0.1, 0.15) is 27.7 Å². The smallest absolute Gasteiger partial charge is 0.0680 e. The maximum atomic E-state index is 4.52. The molecule has 0 saturated heterocycles. The predicted octanol–water partition coefficient (Wildman–Crippen LogP) is 6.29. The fourth-order valence-electron chi connectivity index (χ4n) is 0.738. The Morgan fingerprint density at radius 3 is 1.93 bits per heavy atom. The third-order valence-electron chi connectivity index (χ3n) is 0.816. The lowest BCUT2D eigenvalue weighted by Gasteiger charge is -2.29. The van der Waals surface area contributed by atoms with Crippen LogP contribution in [0, 0.1) is 0 Å². The first-order chi connectivity index (χ1) is 6.27. The highest BCUT2D eigenvalue weighted by molar-refractivity contribution is 9.41. The van der Waals surface area contributed by atoms with E-state index in [1.54, 1.807) is 29.5 Å². The van der Waals surface area contributed by atoms with Crippen LogP contribution in [-0.2, 0) is 0 Å². The van der Waals surface area contributed by atoms with E-state index in [4.69, 9.17) is 0 Å². The fourth-order valence-corrected chi connectivity index (χ4v) is 13.6. The molecule has 0 aliphatic carbocycles. The normalized spacial score (nSPS) is 13.3. The molecule has 0 aromatic rings. The van der Waals surface area contributed by atoms with Crippen molar-refractivity contribution in [2.24, 2.45) is 0 Å². The second kappa shape index (κ2) is 8.00. The average molecular weight is 343 g/mol. The Morgan fingerprint density at radius 1 is 0.929 bits per heavy atom. The highest BCUT2D eigenvalue weighted by atomic mass is 33.9. The van der Waals surface area contributed by atoms with E-state index in [1.165, 1.54) is 9.83 Å². The maximum Gasteiger partial charge on any atom is 0.0680 e. The van der Waals surface area contributed by atoms with Gasteiger partial charge in [0.05, 0.1) is 8.16 Å². The summed E-state index contributed by atoms with van der Waals surface area (Å²) in [5, 5.41) is 0. The largest absolute Gasteiger partial charge is 0.162 e. The molecule has 0 nitrogen and oxygen atoms in total. The number of hydrogen-bond donors (Lipinski definition) is 2. The Morgan fingerprint density at radius 2 is 1.50 bits per heavy atom. The van der Waals surface area contributed by atoms with Gasteiger partial charge in [-0.25, -0.2) is 0 Å². The summed E-state index contributed by atoms with van der Waals surface area (Å²) in [7, 11) is 8.58. The number of thioether (sulfide) groups is 1. The summed E-state index contributed by atoms with van der Waals surface area (Å²) in [6.45, 7) is 8.71. The van der Waals surface area contributed by atoms with Gasteiger partial charge in [0, 0.05) is 0 Å². The minimum atomic E-state index is 0.0210. The minimum Gasteiger partial charge on any atom is -0.162 e. The van der Waals surface area contributed by atoms with Gasteiger partial charge in [-0.3, -0.25) is 0 Å². The zero-order valence-electron chi connectivity index (χ0n) is 8.34. The van der Waals surface area contributed by atoms with Gasteiger partial charge in [-0.2, -0.15) is 12.6 Å². The van der Waals surface area contributed by atoms with Crippen LogP contribution in [0.2, 0.25) is 0 Å². The van der Waals surface area contributed by atoms with Crippen molar-refractivity contribution >= 4 is 86.1 Å². The van der Waals surface area contributed by atoms with Crippen LogP contribution >= 0.6 is 86.1 Å². The van der Waals surface area contributed by atoms with Crippen LogP contribution < -0.4 is 0 Å². The molecular formula is C6H14S8. The van der Waals surface area contributed by atoms with E-state index in [1.807, 2.05) is 22.6 Å². The Hall–Kier alpha value is 2.80. The van der Waals surface area contributed by atoms with Gasteiger partial charge in [-0.1, -0.05) is 22.5 Å². The molecule has 0 saturated carbocycles. The molecule has 0 rings (SSSR count). The van der Waals surface area contributed by atoms with E-state index >= 15 is 0 Å². The van der Waals surface area contributed by atoms with E-state index < -0.39 is 0 Å². The minimum absolute atomic E-state index is 0.0210. The van der Waals surface area contributed by atoms with E-state index in [9.17, 15) is 0 Å². The van der Waals surface area contributed by atoms with Crippen molar-refractivity contribution in [3.05, 3.63) is 0 Å². The van der Waals surface area contributed by atoms with Crippen LogP contribution in [-0.4, -0.2) is 8.16 Å². The first kappa shape index (κ1) is 16.8. The zero-order valence-corrected chi connectivity index (χ0v) is 15.0. The van der Waals surface area contributed by atoms with E-state index in [-0.39, 0.29) is 8.16 Å². The van der Waals surface area contributed by atoms with Crippen LogP contribution in [0.15, 0.2) is 0 Å². The van der Waals surface area contributed by atoms with Gasteiger partial charge in [-0.05, 0) is 67.0 Å². The first-order valence-corrected chi connectivity index (χ1v) is 12.2. The summed E-state index contributed by atoms with van der Waals surface area (Å²) < 4.78 is 0.206. The van der Waals surface area contributed by atoms with Gasteiger partial charge >= 0.3 is 0 Å². The summed E-state index contributed by atoms with van der Waals surface area (Å²) in [4.78, 5) is 0. The molecule has 0 unspecified atom stereocenters. The highest BCUT2D eigenvalue weighted by Gasteiger charge is 2.27. The molecule has 14 heavy (non-hydrogen) atoms. The van der Waals surface area contributed by atoms with Gasteiger partial charge in [0.15, 0.2) is 0 Å². The lowest BCUT2D eigenvalue weighted by molar-refractivity contribution is 0.972. The van der Waals surface area contributed by atoms with Crippen LogP contribution in [0.25, 0.3) is 0 Å². The first-order valence-electron chi connectivity index (χ1n) is 3.69. The van der Waals surface area contributed by atoms with Gasteiger partial charge in [0.25, 0.3) is 0 Å². The molecule has 0 radical (unpaired) electrons. The molecule has 0 amide bonds. The monoisotopic (exact) mass is 342 g/mol. The number of hydrogen-bond acceptors (Lipinski definition) is 8. The van der Waals surface area contributed by atoms with Crippen molar-refractivity contribution in [3.63, 3.8) is 0 Å². The van der Waals surface area contributed by atoms with Gasteiger partial charge in [-0.15, -0.1) is 11.8 Å². The standard InChI is InChI=1S/C6H14S8/c1-5(2,7)9-6(3,4)10-12-14-13-11-8/h7-8H,1-4H3. The van der Waals surface area contributed by atoms with Crippen molar-refractivity contribution in [3.8, 4) is 0 Å².